The molecule has 2 rings (SSSR count). The predicted octanol–water partition coefficient (Wildman–Crippen LogP) is 2.19. The molecule has 1 N–H and O–H groups in total. The molecule has 1 saturated heterocycles. The molecular weight excluding hydrogens is 409 g/mol. The Balaban J connectivity index is 2.23. The summed E-state index contributed by atoms with van der Waals surface area (Å²) < 4.78 is 40.4. The van der Waals surface area contributed by atoms with Crippen molar-refractivity contribution in [1.29, 1.82) is 0 Å². The zero-order chi connectivity index (χ0) is 18.3. The smallest absolute Gasteiger partial charge is 0.414 e. The molecule has 10 heteroatoms. The summed E-state index contributed by atoms with van der Waals surface area (Å²) in [7, 11) is -3.94. The Morgan fingerprint density at radius 2 is 2.17 bits per heavy atom. The van der Waals surface area contributed by atoms with E-state index in [9.17, 15) is 27.5 Å². The van der Waals surface area contributed by atoms with Gasteiger partial charge in [0.25, 0.3) is 0 Å². The molecule has 132 valence electrons. The number of carbonyl (C=O) groups is 2. The molecule has 7 nitrogen and oxygen atoms in total. The zero-order valence-electron chi connectivity index (χ0n) is 12.8. The first-order valence-corrected chi connectivity index (χ1v) is 9.50. The number of hydrogen-bond donors (Lipinski definition) is 1. The SMILES string of the molecule is C[C@@](C[C@H]1CN(c2ccc(Br)c(F)c2)C(=O)O1)(C(=O)O)S(C)(=O)=O. The maximum absolute atomic E-state index is 13.6. The Labute approximate surface area is 146 Å². The van der Waals surface area contributed by atoms with Crippen molar-refractivity contribution < 1.29 is 32.2 Å². The van der Waals surface area contributed by atoms with Crippen LogP contribution >= 0.6 is 15.9 Å². The van der Waals surface area contributed by atoms with Gasteiger partial charge in [-0.15, -0.1) is 0 Å². The van der Waals surface area contributed by atoms with Crippen molar-refractivity contribution in [2.24, 2.45) is 0 Å². The van der Waals surface area contributed by atoms with Gasteiger partial charge in [0.2, 0.25) is 0 Å². The van der Waals surface area contributed by atoms with Gasteiger partial charge in [0.05, 0.1) is 16.7 Å². The molecule has 24 heavy (non-hydrogen) atoms. The highest BCUT2D eigenvalue weighted by atomic mass is 79.9. The summed E-state index contributed by atoms with van der Waals surface area (Å²) in [5, 5.41) is 9.26. The third kappa shape index (κ3) is 3.39. The first-order valence-electron chi connectivity index (χ1n) is 6.82. The maximum Gasteiger partial charge on any atom is 0.414 e. The van der Waals surface area contributed by atoms with Crippen LogP contribution in [0.1, 0.15) is 13.3 Å². The van der Waals surface area contributed by atoms with Crippen molar-refractivity contribution in [1.82, 2.24) is 0 Å². The summed E-state index contributed by atoms with van der Waals surface area (Å²) in [6.45, 7) is 0.999. The number of rotatable bonds is 5. The summed E-state index contributed by atoms with van der Waals surface area (Å²) >= 11 is 3.00. The average molecular weight is 424 g/mol. The van der Waals surface area contributed by atoms with Gasteiger partial charge in [-0.1, -0.05) is 0 Å². The van der Waals surface area contributed by atoms with Crippen molar-refractivity contribution in [3.8, 4) is 0 Å². The van der Waals surface area contributed by atoms with E-state index in [1.165, 1.54) is 12.1 Å². The third-order valence-electron chi connectivity index (χ3n) is 3.98. The maximum atomic E-state index is 13.6. The fraction of sp³-hybridized carbons (Fsp3) is 0.429. The van der Waals surface area contributed by atoms with Gasteiger partial charge >= 0.3 is 12.1 Å². The number of amides is 1. The highest BCUT2D eigenvalue weighted by Crippen LogP contribution is 2.31. The highest BCUT2D eigenvalue weighted by molar-refractivity contribution is 9.10. The standard InChI is InChI=1S/C14H15BrFNO6S/c1-14(12(18)19,24(2,21)22)6-9-7-17(13(20)23-9)8-3-4-10(15)11(16)5-8/h3-5,9H,6-7H2,1-2H3,(H,18,19)/t9-,14+/m0/s1. The number of nitrogens with zero attached hydrogens (tertiary/aromatic N) is 1. The molecule has 1 fully saturated rings. The van der Waals surface area contributed by atoms with Crippen molar-refractivity contribution in [2.75, 3.05) is 17.7 Å². The molecule has 0 radical (unpaired) electrons. The van der Waals surface area contributed by atoms with Gasteiger partial charge in [-0.05, 0) is 41.1 Å². The van der Waals surface area contributed by atoms with Crippen LogP contribution in [0, 0.1) is 5.82 Å². The van der Waals surface area contributed by atoms with Crippen LogP contribution in [-0.4, -0.2) is 49.2 Å². The van der Waals surface area contributed by atoms with E-state index in [4.69, 9.17) is 4.74 Å². The van der Waals surface area contributed by atoms with Crippen LogP contribution in [0.25, 0.3) is 0 Å². The van der Waals surface area contributed by atoms with Crippen LogP contribution < -0.4 is 4.90 Å². The first-order chi connectivity index (χ1) is 11.0. The number of carbonyl (C=O) groups excluding carboxylic acids is 1. The van der Waals surface area contributed by atoms with Crippen LogP contribution in [-0.2, 0) is 19.4 Å². The molecule has 2 atom stereocenters. The normalized spacial score (nSPS) is 20.6. The summed E-state index contributed by atoms with van der Waals surface area (Å²) in [6, 6.07) is 4.04. The second-order valence-electron chi connectivity index (χ2n) is 5.73. The highest BCUT2D eigenvalue weighted by Gasteiger charge is 2.48. The van der Waals surface area contributed by atoms with Gasteiger partial charge in [0.15, 0.2) is 14.6 Å². The van der Waals surface area contributed by atoms with Gasteiger partial charge in [-0.25, -0.2) is 17.6 Å². The molecule has 1 aromatic carbocycles. The van der Waals surface area contributed by atoms with E-state index in [2.05, 4.69) is 15.9 Å². The minimum atomic E-state index is -3.94. The summed E-state index contributed by atoms with van der Waals surface area (Å²) in [6.07, 6.45) is -1.31. The Bertz CT molecular complexity index is 798. The first kappa shape index (κ1) is 18.7. The molecule has 1 heterocycles. The largest absolute Gasteiger partial charge is 0.480 e. The topological polar surface area (TPSA) is 101 Å². The molecule has 0 aliphatic carbocycles. The van der Waals surface area contributed by atoms with Gasteiger partial charge in [-0.2, -0.15) is 0 Å². The molecule has 0 aromatic heterocycles. The molecule has 0 spiro atoms. The monoisotopic (exact) mass is 423 g/mol. The van der Waals surface area contributed by atoms with Crippen LogP contribution in [0.15, 0.2) is 22.7 Å². The lowest BCUT2D eigenvalue weighted by Crippen LogP contribution is -2.46. The second-order valence-corrected chi connectivity index (χ2v) is 9.03. The lowest BCUT2D eigenvalue weighted by molar-refractivity contribution is -0.140. The van der Waals surface area contributed by atoms with Gasteiger partial charge < -0.3 is 9.84 Å². The van der Waals surface area contributed by atoms with Crippen LogP contribution in [0.2, 0.25) is 0 Å². The fourth-order valence-corrected chi connectivity index (χ4v) is 3.38. The number of hydrogen-bond acceptors (Lipinski definition) is 5. The minimum absolute atomic E-state index is 0.0711. The van der Waals surface area contributed by atoms with Crippen molar-refractivity contribution >= 4 is 43.5 Å². The Kier molecular flexibility index (Phi) is 4.91. The lowest BCUT2D eigenvalue weighted by Gasteiger charge is -2.24. The van der Waals surface area contributed by atoms with E-state index < -0.39 is 45.0 Å². The number of carboxylic acids is 1. The van der Waals surface area contributed by atoms with E-state index in [0.717, 1.165) is 24.1 Å². The van der Waals surface area contributed by atoms with E-state index in [-0.39, 0.29) is 16.7 Å². The van der Waals surface area contributed by atoms with E-state index in [1.807, 2.05) is 0 Å². The summed E-state index contributed by atoms with van der Waals surface area (Å²) in [5.74, 6) is -2.09. The van der Waals surface area contributed by atoms with E-state index in [1.54, 1.807) is 0 Å². The van der Waals surface area contributed by atoms with Crippen molar-refractivity contribution in [2.45, 2.75) is 24.2 Å². The summed E-state index contributed by atoms with van der Waals surface area (Å²) in [4.78, 5) is 24.5. The molecule has 1 amide bonds. The minimum Gasteiger partial charge on any atom is -0.480 e. The molecule has 0 saturated carbocycles. The van der Waals surface area contributed by atoms with E-state index in [0.29, 0.717) is 0 Å². The summed E-state index contributed by atoms with van der Waals surface area (Å²) in [5.41, 5.74) is 0.236. The molecule has 0 bridgehead atoms. The number of anilines is 1. The van der Waals surface area contributed by atoms with Crippen LogP contribution in [0.4, 0.5) is 14.9 Å². The fourth-order valence-electron chi connectivity index (χ4n) is 2.32. The van der Waals surface area contributed by atoms with Crippen molar-refractivity contribution in [3.05, 3.63) is 28.5 Å². The zero-order valence-corrected chi connectivity index (χ0v) is 15.2. The molecule has 1 aliphatic heterocycles. The lowest BCUT2D eigenvalue weighted by atomic mass is 10.0. The van der Waals surface area contributed by atoms with Gasteiger partial charge in [0, 0.05) is 12.7 Å². The third-order valence-corrected chi connectivity index (χ3v) is 6.60. The Hall–Kier alpha value is -1.68. The predicted molar refractivity (Wildman–Crippen MR) is 87.2 cm³/mol. The van der Waals surface area contributed by atoms with Crippen LogP contribution in [0.5, 0.6) is 0 Å². The molecule has 1 aromatic rings. The number of cyclic esters (lactones) is 1. The number of halogens is 2. The number of sulfone groups is 1. The number of carboxylic acid groups (broad SMARTS) is 1. The molecule has 1 aliphatic rings. The molecular formula is C14H15BrFNO6S. The quantitative estimate of drug-likeness (QED) is 0.778. The van der Waals surface area contributed by atoms with E-state index >= 15 is 0 Å². The average Bonchev–Trinajstić information content (AvgIpc) is 2.81. The van der Waals surface area contributed by atoms with Crippen LogP contribution in [0.3, 0.4) is 0 Å². The number of aliphatic carboxylic acids is 1. The number of ether oxygens (including phenoxy) is 1. The molecule has 0 unspecified atom stereocenters. The number of benzene rings is 1. The van der Waals surface area contributed by atoms with Gasteiger partial charge in [-0.3, -0.25) is 9.69 Å². The Morgan fingerprint density at radius 3 is 2.67 bits per heavy atom. The Morgan fingerprint density at radius 1 is 1.54 bits per heavy atom. The second kappa shape index (κ2) is 6.32. The van der Waals surface area contributed by atoms with Crippen molar-refractivity contribution in [3.63, 3.8) is 0 Å². The van der Waals surface area contributed by atoms with Gasteiger partial charge in [0.1, 0.15) is 11.9 Å².